The van der Waals surface area contributed by atoms with Crippen molar-refractivity contribution in [3.8, 4) is 0 Å². The molecule has 0 aliphatic rings. The fourth-order valence-electron chi connectivity index (χ4n) is 2.61. The summed E-state index contributed by atoms with van der Waals surface area (Å²) in [7, 11) is 0. The van der Waals surface area contributed by atoms with E-state index in [4.69, 9.17) is 76.2 Å². The number of unbranched alkanes of at least 4 members (excludes halogenated alkanes) is 1. The number of carboxylic acid groups (broad SMARTS) is 5. The second-order valence-corrected chi connectivity index (χ2v) is 11.1. The summed E-state index contributed by atoms with van der Waals surface area (Å²) < 4.78 is 0. The molecule has 0 aromatic rings. The van der Waals surface area contributed by atoms with Crippen LogP contribution in [0.15, 0.2) is 0 Å². The fraction of sp³-hybridized carbons (Fsp3) is 0.786. The molecule has 20 heteroatoms. The van der Waals surface area contributed by atoms with Gasteiger partial charge in [-0.05, 0) is 57.4 Å². The lowest BCUT2D eigenvalue weighted by Gasteiger charge is -2.11. The molecule has 0 aromatic carbocycles. The molecule has 0 saturated heterocycles. The van der Waals surface area contributed by atoms with E-state index in [2.05, 4.69) is 5.32 Å². The molecule has 0 saturated carbocycles. The second kappa shape index (κ2) is 33.2. The SMILES string of the molecule is CC(C)CC(N)C(=O)O.CC(O)C(N)C(=O)O.CCC(C)C(N)C(=O)O.N=C(N)NCCCC(N)C(=O)O.NCCCCC(N)C(=O)O. The number of hydrogen-bond donors (Lipinski definition) is 15. The highest BCUT2D eigenvalue weighted by Crippen LogP contribution is 2.04. The molecule has 0 aromatic heterocycles. The number of guanidine groups is 1. The summed E-state index contributed by atoms with van der Waals surface area (Å²) in [6, 6.07) is -4.08. The van der Waals surface area contributed by atoms with Crippen molar-refractivity contribution < 1.29 is 54.6 Å². The summed E-state index contributed by atoms with van der Waals surface area (Å²) in [6.07, 6.45) is 3.52. The van der Waals surface area contributed by atoms with Crippen molar-refractivity contribution in [1.82, 2.24) is 5.32 Å². The van der Waals surface area contributed by atoms with Gasteiger partial charge in [0.2, 0.25) is 0 Å². The highest BCUT2D eigenvalue weighted by molar-refractivity contribution is 5.75. The molecule has 0 fully saturated rings. The van der Waals surface area contributed by atoms with Gasteiger partial charge in [-0.25, -0.2) is 0 Å². The van der Waals surface area contributed by atoms with Gasteiger partial charge in [-0.2, -0.15) is 0 Å². The molecule has 22 N–H and O–H groups in total. The van der Waals surface area contributed by atoms with Crippen LogP contribution in [0.25, 0.3) is 0 Å². The Morgan fingerprint density at radius 1 is 0.667 bits per heavy atom. The molecule has 0 amide bonds. The largest absolute Gasteiger partial charge is 0.480 e. The molecule has 7 atom stereocenters. The number of nitrogens with one attached hydrogen (secondary N) is 2. The summed E-state index contributed by atoms with van der Waals surface area (Å²) >= 11 is 0. The maximum absolute atomic E-state index is 10.2. The summed E-state index contributed by atoms with van der Waals surface area (Å²) in [4.78, 5) is 50.5. The van der Waals surface area contributed by atoms with Crippen LogP contribution < -0.4 is 45.5 Å². The molecule has 0 aliphatic heterocycles. The number of aliphatic hydroxyl groups excluding tert-OH is 1. The van der Waals surface area contributed by atoms with Gasteiger partial charge in [0.15, 0.2) is 5.96 Å². The highest BCUT2D eigenvalue weighted by Gasteiger charge is 2.17. The molecule has 0 rings (SSSR count). The lowest BCUT2D eigenvalue weighted by Crippen LogP contribution is -2.39. The first kappa shape index (κ1) is 53.8. The Hall–Kier alpha value is -3.66. The molecule has 7 unspecified atom stereocenters. The van der Waals surface area contributed by atoms with Gasteiger partial charge >= 0.3 is 29.8 Å². The summed E-state index contributed by atoms with van der Waals surface area (Å²) in [5.41, 5.74) is 36.0. The number of hydrogen-bond acceptors (Lipinski definition) is 13. The van der Waals surface area contributed by atoms with E-state index in [1.54, 1.807) is 0 Å². The zero-order valence-corrected chi connectivity index (χ0v) is 28.7. The molecule has 20 nitrogen and oxygen atoms in total. The van der Waals surface area contributed by atoms with Crippen LogP contribution in [-0.2, 0) is 24.0 Å². The van der Waals surface area contributed by atoms with Gasteiger partial charge in [-0.1, -0.05) is 40.5 Å². The average Bonchev–Trinajstić information content (AvgIpc) is 2.98. The first-order chi connectivity index (χ1) is 21.9. The smallest absolute Gasteiger partial charge is 0.323 e. The minimum atomic E-state index is -1.18. The van der Waals surface area contributed by atoms with Crippen molar-refractivity contribution in [3.63, 3.8) is 0 Å². The maximum atomic E-state index is 10.2. The Balaban J connectivity index is -0.000000162. The number of carbonyl (C=O) groups is 5. The van der Waals surface area contributed by atoms with Crippen LogP contribution >= 0.6 is 0 Å². The van der Waals surface area contributed by atoms with E-state index in [0.717, 1.165) is 19.3 Å². The quantitative estimate of drug-likeness (QED) is 0.0411. The third-order valence-electron chi connectivity index (χ3n) is 6.00. The summed E-state index contributed by atoms with van der Waals surface area (Å²) in [5.74, 6) is -4.62. The Labute approximate surface area is 282 Å². The topological polar surface area (TPSA) is 425 Å². The van der Waals surface area contributed by atoms with Gasteiger partial charge in [-0.3, -0.25) is 29.4 Å². The van der Waals surface area contributed by atoms with E-state index in [1.165, 1.54) is 6.92 Å². The van der Waals surface area contributed by atoms with E-state index >= 15 is 0 Å². The van der Waals surface area contributed by atoms with Gasteiger partial charge in [0.1, 0.15) is 30.2 Å². The van der Waals surface area contributed by atoms with Crippen molar-refractivity contribution in [1.29, 1.82) is 5.41 Å². The minimum absolute atomic E-state index is 0.0718. The predicted octanol–water partition coefficient (Wildman–Crippen LogP) is -2.14. The summed E-state index contributed by atoms with van der Waals surface area (Å²) in [5, 5.41) is 59.3. The van der Waals surface area contributed by atoms with Crippen LogP contribution in [0, 0.1) is 17.2 Å². The van der Waals surface area contributed by atoms with Crippen LogP contribution in [-0.4, -0.2) is 116 Å². The first-order valence-electron chi connectivity index (χ1n) is 15.3. The van der Waals surface area contributed by atoms with E-state index in [0.29, 0.717) is 44.7 Å². The molecular weight excluding hydrogens is 638 g/mol. The van der Waals surface area contributed by atoms with Gasteiger partial charge in [0, 0.05) is 6.54 Å². The van der Waals surface area contributed by atoms with E-state index in [1.807, 2.05) is 27.7 Å². The van der Waals surface area contributed by atoms with Crippen LogP contribution in [0.1, 0.15) is 79.6 Å². The summed E-state index contributed by atoms with van der Waals surface area (Å²) in [6.45, 7) is 10.1. The molecule has 0 radical (unpaired) electrons. The zero-order valence-electron chi connectivity index (χ0n) is 28.7. The van der Waals surface area contributed by atoms with E-state index in [-0.39, 0.29) is 11.9 Å². The van der Waals surface area contributed by atoms with Gasteiger partial charge in [0.25, 0.3) is 0 Å². The Kier molecular flexibility index (Phi) is 37.3. The molecule has 0 aliphatic carbocycles. The van der Waals surface area contributed by atoms with Crippen LogP contribution in [0.5, 0.6) is 0 Å². The fourth-order valence-corrected chi connectivity index (χ4v) is 2.61. The van der Waals surface area contributed by atoms with Gasteiger partial charge in [-0.15, -0.1) is 0 Å². The third-order valence-corrected chi connectivity index (χ3v) is 6.00. The van der Waals surface area contributed by atoms with E-state index < -0.39 is 66.2 Å². The lowest BCUT2D eigenvalue weighted by molar-refractivity contribution is -0.141. The van der Waals surface area contributed by atoms with Crippen molar-refractivity contribution in [3.05, 3.63) is 0 Å². The van der Waals surface area contributed by atoms with Gasteiger partial charge in [0.05, 0.1) is 6.10 Å². The molecule has 286 valence electrons. The van der Waals surface area contributed by atoms with Crippen molar-refractivity contribution >= 4 is 35.8 Å². The molecule has 0 heterocycles. The number of rotatable bonds is 18. The average molecular weight is 702 g/mol. The Bertz CT molecular complexity index is 897. The van der Waals surface area contributed by atoms with Gasteiger partial charge < -0.3 is 76.1 Å². The highest BCUT2D eigenvalue weighted by atomic mass is 16.4. The minimum Gasteiger partial charge on any atom is -0.480 e. The Morgan fingerprint density at radius 3 is 1.27 bits per heavy atom. The van der Waals surface area contributed by atoms with Crippen molar-refractivity contribution in [2.75, 3.05) is 13.1 Å². The van der Waals surface area contributed by atoms with Crippen LogP contribution in [0.3, 0.4) is 0 Å². The number of aliphatic carboxylic acids is 5. The lowest BCUT2D eigenvalue weighted by atomic mass is 10.0. The monoisotopic (exact) mass is 701 g/mol. The number of carboxylic acids is 5. The van der Waals surface area contributed by atoms with Crippen molar-refractivity contribution in [2.45, 2.75) is 116 Å². The predicted molar refractivity (Wildman–Crippen MR) is 181 cm³/mol. The van der Waals surface area contributed by atoms with E-state index in [9.17, 15) is 24.0 Å². The van der Waals surface area contributed by atoms with Crippen molar-refractivity contribution in [2.24, 2.45) is 52.0 Å². The Morgan fingerprint density at radius 2 is 1.06 bits per heavy atom. The molecule has 48 heavy (non-hydrogen) atoms. The number of nitrogens with two attached hydrogens (primary N) is 7. The standard InChI is InChI=1S/C6H14N4O2.C6H14N2O2.2C6H13NO2.C4H9NO3/c7-4(5(11)12)2-1-3-10-6(8)9;7-4-2-1-3-5(8)6(9)10;1-4(2)3-5(7)6(8)9;1-3-4(2)5(7)6(8)9;1-2(6)3(5)4(7)8/h4H,1-3,7H2,(H,11,12)(H4,8,9,10);5H,1-4,7-8H2,(H,9,10);2*4-5H,3,7H2,1-2H3,(H,8,9);2-3,6H,5H2,1H3,(H,7,8). The van der Waals surface area contributed by atoms with Crippen LogP contribution in [0.2, 0.25) is 0 Å². The second-order valence-electron chi connectivity index (χ2n) is 11.1. The zero-order chi connectivity index (χ0) is 39.2. The molecule has 0 spiro atoms. The third kappa shape index (κ3) is 40.4. The first-order valence-corrected chi connectivity index (χ1v) is 15.3. The van der Waals surface area contributed by atoms with Crippen LogP contribution in [0.4, 0.5) is 0 Å². The molecule has 0 bridgehead atoms. The number of aliphatic hydroxyl groups is 1. The normalized spacial score (nSPS) is 14.4. The molecular formula is C28H63N9O11. The maximum Gasteiger partial charge on any atom is 0.323 e.